The van der Waals surface area contributed by atoms with Crippen molar-refractivity contribution in [2.75, 3.05) is 5.94 Å². The van der Waals surface area contributed by atoms with Gasteiger partial charge in [-0.05, 0) is 18.2 Å². The van der Waals surface area contributed by atoms with Crippen LogP contribution >= 0.6 is 23.2 Å². The molecule has 0 heterocycles. The molecule has 0 aliphatic heterocycles. The zero-order valence-corrected chi connectivity index (χ0v) is 12.1. The summed E-state index contributed by atoms with van der Waals surface area (Å²) in [4.78, 5) is 0. The summed E-state index contributed by atoms with van der Waals surface area (Å²) in [7, 11) is -4.16. The Kier molecular flexibility index (Phi) is 6.51. The molecule has 15 heavy (non-hydrogen) atoms. The number of ether oxygens (including phenoxy) is 1. The first-order valence-corrected chi connectivity index (χ1v) is 5.78. The molecule has 1 aromatic carbocycles. The molecule has 0 unspecified atom stereocenters. The number of hydrogen-bond acceptors (Lipinski definition) is 3. The minimum Gasteiger partial charge on any atom is -0.474 e. The molecule has 1 aromatic rings. The van der Waals surface area contributed by atoms with Gasteiger partial charge in [0, 0.05) is 5.02 Å². The summed E-state index contributed by atoms with van der Waals surface area (Å²) in [6.45, 7) is 0. The van der Waals surface area contributed by atoms with E-state index in [-0.39, 0.29) is 40.3 Å². The Morgan fingerprint density at radius 1 is 1.33 bits per heavy atom. The second-order valence-electron chi connectivity index (χ2n) is 2.42. The Morgan fingerprint density at radius 2 is 1.93 bits per heavy atom. The summed E-state index contributed by atoms with van der Waals surface area (Å²) in [5.41, 5.74) is 0. The Morgan fingerprint density at radius 3 is 2.40 bits per heavy atom. The monoisotopic (exact) mass is 279 g/mol. The smallest absolute Gasteiger partial charge is 0.474 e. The van der Waals surface area contributed by atoms with Crippen LogP contribution in [0.1, 0.15) is 0 Å². The zero-order chi connectivity index (χ0) is 10.8. The summed E-state index contributed by atoms with van der Waals surface area (Å²) < 4.78 is 33.8. The Bertz CT molecular complexity index is 435. The van der Waals surface area contributed by atoms with Crippen molar-refractivity contribution in [3.8, 4) is 5.75 Å². The van der Waals surface area contributed by atoms with Gasteiger partial charge in [-0.15, -0.1) is 0 Å². The minimum atomic E-state index is -4.16. The normalized spacial score (nSPS) is 10.6. The van der Waals surface area contributed by atoms with Gasteiger partial charge in [0.1, 0.15) is 5.75 Å². The van der Waals surface area contributed by atoms with Crippen molar-refractivity contribution in [2.24, 2.45) is 0 Å². The van der Waals surface area contributed by atoms with Crippen molar-refractivity contribution in [3.63, 3.8) is 0 Å². The van der Waals surface area contributed by atoms with Gasteiger partial charge >= 0.3 is 39.7 Å². The average Bonchev–Trinajstić information content (AvgIpc) is 2.00. The molecule has 0 bridgehead atoms. The summed E-state index contributed by atoms with van der Waals surface area (Å²) in [6, 6.07) is 4.31. The van der Waals surface area contributed by atoms with Crippen molar-refractivity contribution >= 4 is 33.3 Å². The predicted molar refractivity (Wildman–Crippen MR) is 53.5 cm³/mol. The molecule has 0 aliphatic rings. The topological polar surface area (TPSA) is 63.6 Å². The van der Waals surface area contributed by atoms with E-state index in [1.165, 1.54) is 18.2 Å². The summed E-state index contributed by atoms with van der Waals surface area (Å²) in [5.74, 6) is -0.692. The average molecular weight is 280 g/mol. The Balaban J connectivity index is 0.00000196. The van der Waals surface area contributed by atoms with E-state index in [0.29, 0.717) is 5.02 Å². The maximum absolute atomic E-state index is 10.3. The molecule has 0 aliphatic carbocycles. The zero-order valence-electron chi connectivity index (χ0n) is 7.78. The standard InChI is InChI=1S/C7H6Cl2O4S.Na/c8-5-1-2-7(6(9)3-5)13-4-14(10,11)12;/h1-3H,4H2,(H,10,11,12);/q;+1. The van der Waals surface area contributed by atoms with Gasteiger partial charge in [-0.25, -0.2) is 0 Å². The molecule has 0 radical (unpaired) electrons. The van der Waals surface area contributed by atoms with Crippen molar-refractivity contribution in [2.45, 2.75) is 0 Å². The summed E-state index contributed by atoms with van der Waals surface area (Å²) in [6.07, 6.45) is 0. The summed E-state index contributed by atoms with van der Waals surface area (Å²) in [5, 5.41) is 0.593. The van der Waals surface area contributed by atoms with Gasteiger partial charge in [-0.2, -0.15) is 8.42 Å². The molecule has 0 fully saturated rings. The Hall–Kier alpha value is 0.510. The second-order valence-corrected chi connectivity index (χ2v) is 4.66. The molecule has 0 spiro atoms. The van der Waals surface area contributed by atoms with Gasteiger partial charge in [0.15, 0.2) is 0 Å². The first-order valence-electron chi connectivity index (χ1n) is 3.41. The van der Waals surface area contributed by atoms with E-state index < -0.39 is 16.1 Å². The molecular weight excluding hydrogens is 274 g/mol. The van der Waals surface area contributed by atoms with Crippen LogP contribution in [0, 0.1) is 0 Å². The van der Waals surface area contributed by atoms with Gasteiger partial charge in [0.2, 0.25) is 5.94 Å². The molecule has 1 N–H and O–H groups in total. The molecule has 78 valence electrons. The number of rotatable bonds is 3. The van der Waals surface area contributed by atoms with Crippen molar-refractivity contribution in [1.29, 1.82) is 0 Å². The van der Waals surface area contributed by atoms with Gasteiger partial charge in [0.25, 0.3) is 0 Å². The maximum Gasteiger partial charge on any atom is 1.00 e. The third-order valence-electron chi connectivity index (χ3n) is 1.26. The van der Waals surface area contributed by atoms with E-state index in [4.69, 9.17) is 32.5 Å². The quantitative estimate of drug-likeness (QED) is 0.583. The second kappa shape index (κ2) is 6.30. The van der Waals surface area contributed by atoms with Gasteiger partial charge in [-0.3, -0.25) is 4.55 Å². The predicted octanol–water partition coefficient (Wildman–Crippen LogP) is -0.778. The number of hydrogen-bond donors (Lipinski definition) is 1. The van der Waals surface area contributed by atoms with Crippen LogP contribution < -0.4 is 34.3 Å². The van der Waals surface area contributed by atoms with Crippen LogP contribution in [-0.4, -0.2) is 18.9 Å². The van der Waals surface area contributed by atoms with Crippen molar-refractivity contribution < 1.29 is 47.3 Å². The summed E-state index contributed by atoms with van der Waals surface area (Å²) >= 11 is 11.3. The minimum absolute atomic E-state index is 0. The van der Waals surface area contributed by atoms with E-state index in [1.807, 2.05) is 0 Å². The number of halogens is 2. The van der Waals surface area contributed by atoms with Gasteiger partial charge < -0.3 is 4.74 Å². The van der Waals surface area contributed by atoms with Crippen LogP contribution in [0.25, 0.3) is 0 Å². The molecule has 0 saturated carbocycles. The molecule has 4 nitrogen and oxygen atoms in total. The molecule has 0 atom stereocenters. The largest absolute Gasteiger partial charge is 1.00 e. The van der Waals surface area contributed by atoms with Crippen molar-refractivity contribution in [1.82, 2.24) is 0 Å². The fourth-order valence-corrected chi connectivity index (χ4v) is 1.47. The molecular formula is C7H6Cl2NaO4S+. The molecule has 0 saturated heterocycles. The van der Waals surface area contributed by atoms with Crippen LogP contribution in [0.15, 0.2) is 18.2 Å². The third kappa shape index (κ3) is 5.97. The van der Waals surface area contributed by atoms with Crippen LogP contribution in [-0.2, 0) is 10.1 Å². The van der Waals surface area contributed by atoms with Gasteiger partial charge in [0.05, 0.1) is 5.02 Å². The van der Waals surface area contributed by atoms with Gasteiger partial charge in [-0.1, -0.05) is 23.2 Å². The SMILES string of the molecule is O=S(=O)(O)COc1ccc(Cl)cc1Cl.[Na+]. The van der Waals surface area contributed by atoms with E-state index in [9.17, 15) is 8.42 Å². The molecule has 0 aromatic heterocycles. The molecule has 0 amide bonds. The van der Waals surface area contributed by atoms with E-state index in [2.05, 4.69) is 0 Å². The van der Waals surface area contributed by atoms with Crippen molar-refractivity contribution in [3.05, 3.63) is 28.2 Å². The fraction of sp³-hybridized carbons (Fsp3) is 0.143. The third-order valence-corrected chi connectivity index (χ3v) is 2.20. The maximum atomic E-state index is 10.3. The van der Waals surface area contributed by atoms with Crippen LogP contribution in [0.2, 0.25) is 10.0 Å². The number of benzene rings is 1. The molecule has 8 heteroatoms. The van der Waals surface area contributed by atoms with Crippen LogP contribution in [0.5, 0.6) is 5.75 Å². The van der Waals surface area contributed by atoms with Crippen LogP contribution in [0.3, 0.4) is 0 Å². The van der Waals surface area contributed by atoms with E-state index in [1.54, 1.807) is 0 Å². The Labute approximate surface area is 120 Å². The first-order chi connectivity index (χ1) is 6.38. The van der Waals surface area contributed by atoms with Crippen LogP contribution in [0.4, 0.5) is 0 Å². The molecule has 1 rings (SSSR count). The first kappa shape index (κ1) is 15.5. The fourth-order valence-electron chi connectivity index (χ4n) is 0.730. The van der Waals surface area contributed by atoms with E-state index in [0.717, 1.165) is 0 Å². The van der Waals surface area contributed by atoms with E-state index >= 15 is 0 Å².